The molecule has 32 heavy (non-hydrogen) atoms. The molecule has 2 aromatic carbocycles. The zero-order valence-electron chi connectivity index (χ0n) is 18.1. The predicted octanol–water partition coefficient (Wildman–Crippen LogP) is 4.56. The van der Waals surface area contributed by atoms with Crippen LogP contribution in [0.25, 0.3) is 5.69 Å². The summed E-state index contributed by atoms with van der Waals surface area (Å²) in [5.74, 6) is -0.0925. The van der Waals surface area contributed by atoms with E-state index >= 15 is 0 Å². The Labute approximate surface area is 195 Å². The normalized spacial score (nSPS) is 10.9. The van der Waals surface area contributed by atoms with Crippen molar-refractivity contribution < 1.29 is 19.1 Å². The summed E-state index contributed by atoms with van der Waals surface area (Å²) in [6, 6.07) is 16.4. The fourth-order valence-electron chi connectivity index (χ4n) is 3.16. The highest BCUT2D eigenvalue weighted by molar-refractivity contribution is 9.10. The van der Waals surface area contributed by atoms with E-state index in [4.69, 9.17) is 9.47 Å². The number of rotatable bonds is 8. The summed E-state index contributed by atoms with van der Waals surface area (Å²) >= 11 is 3.35. The molecule has 1 heterocycles. The van der Waals surface area contributed by atoms with Gasteiger partial charge in [0.1, 0.15) is 5.75 Å². The molecule has 1 N–H and O–H groups in total. The van der Waals surface area contributed by atoms with Crippen molar-refractivity contribution in [1.29, 1.82) is 0 Å². The molecule has 0 atom stereocenters. The van der Waals surface area contributed by atoms with Crippen molar-refractivity contribution in [3.05, 3.63) is 81.6 Å². The number of hydrazone groups is 1. The summed E-state index contributed by atoms with van der Waals surface area (Å²) < 4.78 is 13.4. The second-order valence-corrected chi connectivity index (χ2v) is 7.88. The fraction of sp³-hybridized carbons (Fsp3) is 0.208. The van der Waals surface area contributed by atoms with Crippen molar-refractivity contribution in [3.8, 4) is 11.4 Å². The highest BCUT2D eigenvalue weighted by atomic mass is 79.9. The molecule has 0 radical (unpaired) electrons. The van der Waals surface area contributed by atoms with Gasteiger partial charge in [-0.1, -0.05) is 15.9 Å². The first-order valence-corrected chi connectivity index (χ1v) is 10.8. The van der Waals surface area contributed by atoms with E-state index in [9.17, 15) is 9.59 Å². The number of aromatic nitrogens is 1. The molecule has 7 nitrogen and oxygen atoms in total. The summed E-state index contributed by atoms with van der Waals surface area (Å²) in [6.45, 7) is 5.93. The summed E-state index contributed by atoms with van der Waals surface area (Å²) in [5.41, 5.74) is 6.72. The molecule has 0 aliphatic carbocycles. The standard InChI is InChI=1S/C24H24BrN3O4/c1-4-31-24(30)18-5-9-21(10-6-18)28-16(2)13-19(17(28)3)14-26-27-23(29)15-32-22-11-7-20(25)8-12-22/h5-14H,4,15H2,1-3H3,(H,27,29)/b26-14+. The van der Waals surface area contributed by atoms with Crippen LogP contribution in [0.1, 0.15) is 34.2 Å². The van der Waals surface area contributed by atoms with Gasteiger partial charge in [0.05, 0.1) is 18.4 Å². The lowest BCUT2D eigenvalue weighted by atomic mass is 10.2. The van der Waals surface area contributed by atoms with Crippen molar-refractivity contribution in [3.63, 3.8) is 0 Å². The average molecular weight is 498 g/mol. The number of ether oxygens (including phenoxy) is 2. The maximum Gasteiger partial charge on any atom is 0.338 e. The monoisotopic (exact) mass is 497 g/mol. The first-order valence-electron chi connectivity index (χ1n) is 10.1. The van der Waals surface area contributed by atoms with Crippen molar-refractivity contribution in [2.24, 2.45) is 5.10 Å². The number of benzene rings is 2. The van der Waals surface area contributed by atoms with Crippen LogP contribution >= 0.6 is 15.9 Å². The van der Waals surface area contributed by atoms with Gasteiger partial charge in [-0.05, 0) is 75.4 Å². The minimum absolute atomic E-state index is 0.134. The molecule has 0 unspecified atom stereocenters. The molecular formula is C24H24BrN3O4. The van der Waals surface area contributed by atoms with Crippen LogP contribution in [0.2, 0.25) is 0 Å². The Hall–Kier alpha value is -3.39. The molecule has 0 aliphatic heterocycles. The number of aryl methyl sites for hydroxylation is 1. The van der Waals surface area contributed by atoms with Gasteiger partial charge in [0, 0.05) is 27.1 Å². The zero-order valence-corrected chi connectivity index (χ0v) is 19.7. The number of carbonyl (C=O) groups excluding carboxylic acids is 2. The van der Waals surface area contributed by atoms with Gasteiger partial charge in [0.2, 0.25) is 0 Å². The molecule has 166 valence electrons. The SMILES string of the molecule is CCOC(=O)c1ccc(-n2c(C)cc(/C=N/NC(=O)COc3ccc(Br)cc3)c2C)cc1. The van der Waals surface area contributed by atoms with Gasteiger partial charge in [0.15, 0.2) is 6.61 Å². The molecular weight excluding hydrogens is 474 g/mol. The number of nitrogens with one attached hydrogen (secondary N) is 1. The lowest BCUT2D eigenvalue weighted by molar-refractivity contribution is -0.123. The fourth-order valence-corrected chi connectivity index (χ4v) is 3.43. The zero-order chi connectivity index (χ0) is 23.1. The Kier molecular flexibility index (Phi) is 7.83. The first kappa shape index (κ1) is 23.3. The van der Waals surface area contributed by atoms with E-state index in [1.165, 1.54) is 0 Å². The summed E-state index contributed by atoms with van der Waals surface area (Å²) in [4.78, 5) is 23.8. The van der Waals surface area contributed by atoms with Gasteiger partial charge in [-0.25, -0.2) is 10.2 Å². The van der Waals surface area contributed by atoms with Crippen LogP contribution in [0.5, 0.6) is 5.75 Å². The third kappa shape index (κ3) is 5.85. The molecule has 0 saturated carbocycles. The van der Waals surface area contributed by atoms with E-state index in [1.54, 1.807) is 37.4 Å². The lowest BCUT2D eigenvalue weighted by Gasteiger charge is -2.10. The van der Waals surface area contributed by atoms with E-state index in [0.717, 1.165) is 27.1 Å². The number of esters is 1. The highest BCUT2D eigenvalue weighted by Crippen LogP contribution is 2.20. The van der Waals surface area contributed by atoms with Crippen molar-refractivity contribution in [1.82, 2.24) is 9.99 Å². The average Bonchev–Trinajstić information content (AvgIpc) is 3.06. The number of hydrogen-bond donors (Lipinski definition) is 1. The first-order chi connectivity index (χ1) is 15.4. The summed E-state index contributed by atoms with van der Waals surface area (Å²) in [6.07, 6.45) is 1.60. The number of amides is 1. The van der Waals surface area contributed by atoms with Crippen molar-refractivity contribution >= 4 is 34.0 Å². The Bertz CT molecular complexity index is 1120. The van der Waals surface area contributed by atoms with E-state index < -0.39 is 0 Å². The predicted molar refractivity (Wildman–Crippen MR) is 127 cm³/mol. The molecule has 0 spiro atoms. The Balaban J connectivity index is 1.62. The van der Waals surface area contributed by atoms with Gasteiger partial charge in [-0.2, -0.15) is 5.10 Å². The second-order valence-electron chi connectivity index (χ2n) is 6.96. The molecule has 0 aliphatic rings. The molecule has 0 bridgehead atoms. The topological polar surface area (TPSA) is 81.9 Å². The van der Waals surface area contributed by atoms with E-state index in [1.807, 2.05) is 44.2 Å². The number of carbonyl (C=O) groups is 2. The summed E-state index contributed by atoms with van der Waals surface area (Å²) in [5, 5.41) is 4.05. The molecule has 3 aromatic rings. The quantitative estimate of drug-likeness (QED) is 0.281. The minimum atomic E-state index is -0.354. The Morgan fingerprint density at radius 1 is 1.09 bits per heavy atom. The van der Waals surface area contributed by atoms with Crippen LogP contribution in [0.15, 0.2) is 64.2 Å². The van der Waals surface area contributed by atoms with Crippen LogP contribution in [-0.4, -0.2) is 35.9 Å². The third-order valence-corrected chi connectivity index (χ3v) is 5.21. The van der Waals surface area contributed by atoms with Crippen LogP contribution in [0.3, 0.4) is 0 Å². The molecule has 1 aromatic heterocycles. The summed E-state index contributed by atoms with van der Waals surface area (Å²) in [7, 11) is 0. The van der Waals surface area contributed by atoms with Gasteiger partial charge < -0.3 is 14.0 Å². The Morgan fingerprint density at radius 3 is 2.44 bits per heavy atom. The van der Waals surface area contributed by atoms with Crippen LogP contribution in [0.4, 0.5) is 0 Å². The van der Waals surface area contributed by atoms with Gasteiger partial charge in [-0.15, -0.1) is 0 Å². The van der Waals surface area contributed by atoms with Crippen LogP contribution < -0.4 is 10.2 Å². The van der Waals surface area contributed by atoms with Gasteiger partial charge in [0.25, 0.3) is 5.91 Å². The molecule has 0 fully saturated rings. The lowest BCUT2D eigenvalue weighted by Crippen LogP contribution is -2.24. The van der Waals surface area contributed by atoms with Crippen molar-refractivity contribution in [2.75, 3.05) is 13.2 Å². The second kappa shape index (κ2) is 10.8. The molecule has 0 saturated heterocycles. The van der Waals surface area contributed by atoms with Gasteiger partial charge >= 0.3 is 5.97 Å². The van der Waals surface area contributed by atoms with Crippen molar-refractivity contribution in [2.45, 2.75) is 20.8 Å². The maximum atomic E-state index is 12.0. The number of nitrogens with zero attached hydrogens (tertiary/aromatic N) is 2. The van der Waals surface area contributed by atoms with Gasteiger partial charge in [-0.3, -0.25) is 4.79 Å². The Morgan fingerprint density at radius 2 is 1.78 bits per heavy atom. The smallest absolute Gasteiger partial charge is 0.338 e. The highest BCUT2D eigenvalue weighted by Gasteiger charge is 2.11. The van der Waals surface area contributed by atoms with Crippen LogP contribution in [-0.2, 0) is 9.53 Å². The van der Waals surface area contributed by atoms with E-state index in [2.05, 4.69) is 31.0 Å². The van der Waals surface area contributed by atoms with E-state index in [0.29, 0.717) is 17.9 Å². The molecule has 3 rings (SSSR count). The molecule has 1 amide bonds. The maximum absolute atomic E-state index is 12.0. The number of halogens is 1. The minimum Gasteiger partial charge on any atom is -0.484 e. The van der Waals surface area contributed by atoms with Crippen LogP contribution in [0, 0.1) is 13.8 Å². The van der Waals surface area contributed by atoms with E-state index in [-0.39, 0.29) is 18.5 Å². The number of hydrogen-bond acceptors (Lipinski definition) is 5. The largest absolute Gasteiger partial charge is 0.484 e. The molecule has 8 heteroatoms. The third-order valence-electron chi connectivity index (χ3n) is 4.68.